The summed E-state index contributed by atoms with van der Waals surface area (Å²) in [4.78, 5) is 0. The number of hydrogen-bond acceptors (Lipinski definition) is 1. The molecule has 1 heterocycles. The Bertz CT molecular complexity index is 10.8. The second kappa shape index (κ2) is 2.46. The average molecular weight is 85.2 g/mol. The molecule has 1 nitrogen and oxygen atoms in total. The van der Waals surface area contributed by atoms with Crippen LogP contribution >= 0.6 is 0 Å². The molecule has 1 aliphatic rings. The van der Waals surface area contributed by atoms with Crippen molar-refractivity contribution < 1.29 is 0 Å². The van der Waals surface area contributed by atoms with Gasteiger partial charge in [-0.3, -0.25) is 0 Å². The zero-order valence-electron chi connectivity index (χ0n) is 1.91. The van der Waals surface area contributed by atoms with Gasteiger partial charge in [-0.2, -0.15) is 0 Å². The predicted octanol–water partition coefficient (Wildman–Crippen LogP) is -1.33. The van der Waals surface area contributed by atoms with Gasteiger partial charge in [0.2, 0.25) is 0 Å². The fraction of sp³-hybridized carbons (Fsp3) is 1.00. The predicted molar refractivity (Wildman–Crippen MR) is 21.4 cm³/mol. The van der Waals surface area contributed by atoms with Gasteiger partial charge in [-0.1, -0.05) is 0 Å². The van der Waals surface area contributed by atoms with Gasteiger partial charge < -0.3 is 5.32 Å². The molecule has 1 N–H and O–H groups in total. The van der Waals surface area contributed by atoms with Crippen LogP contribution in [0.4, 0.5) is 0 Å². The van der Waals surface area contributed by atoms with Crippen LogP contribution in [0.15, 0.2) is 0 Å². The summed E-state index contributed by atoms with van der Waals surface area (Å²) in [7, 11) is 0. The van der Waals surface area contributed by atoms with E-state index in [0.29, 0.717) is 0 Å². The van der Waals surface area contributed by atoms with E-state index in [1.54, 1.807) is 0 Å². The van der Waals surface area contributed by atoms with Crippen LogP contribution in [0.25, 0.3) is 0 Å². The quantitative estimate of drug-likeness (QED) is 0.286. The van der Waals surface area contributed by atoms with Crippen LogP contribution in [0.1, 0.15) is 0 Å². The van der Waals surface area contributed by atoms with E-state index >= 15 is 0 Å². The summed E-state index contributed by atoms with van der Waals surface area (Å²) in [5.74, 6) is 0. The van der Waals surface area contributed by atoms with E-state index in [0.717, 1.165) is 0 Å². The first-order chi connectivity index (χ1) is 1.50. The van der Waals surface area contributed by atoms with Gasteiger partial charge in [0.15, 0.2) is 0 Å². The van der Waals surface area contributed by atoms with Gasteiger partial charge in [-0.25, -0.2) is 0 Å². The minimum atomic E-state index is 0. The summed E-state index contributed by atoms with van der Waals surface area (Å²) in [6.07, 6.45) is 0. The molecule has 1 fully saturated rings. The molecule has 0 amide bonds. The van der Waals surface area contributed by atoms with Crippen molar-refractivity contribution in [2.75, 3.05) is 13.1 Å². The summed E-state index contributed by atoms with van der Waals surface area (Å²) in [6.45, 7) is 2.50. The van der Waals surface area contributed by atoms with E-state index < -0.39 is 0 Å². The van der Waals surface area contributed by atoms with Crippen molar-refractivity contribution in [3.8, 4) is 0 Å². The summed E-state index contributed by atoms with van der Waals surface area (Å²) < 4.78 is 0. The van der Waals surface area contributed by atoms with Crippen molar-refractivity contribution in [3.63, 3.8) is 0 Å². The average Bonchev–Trinajstić information content (AvgIpc) is 1.46. The first kappa shape index (κ1) is 5.22. The van der Waals surface area contributed by atoms with Gasteiger partial charge in [-0.05, 0) is 0 Å². The molecular weight excluding hydrogens is 78.1 g/mol. The van der Waals surface area contributed by atoms with Crippen LogP contribution in [0.2, 0.25) is 0 Å². The Labute approximate surface area is 55.8 Å². The van der Waals surface area contributed by atoms with Gasteiger partial charge in [0.05, 0.1) is 0 Å². The zero-order chi connectivity index (χ0) is 2.12. The third-order valence-corrected chi connectivity index (χ3v) is 0.250. The molecule has 0 unspecified atom stereocenters. The molecule has 0 aromatic carbocycles. The van der Waals surface area contributed by atoms with Crippen molar-refractivity contribution >= 4 is 37.7 Å². The molecule has 1 saturated heterocycles. The Hall–Kier alpha value is 1.22. The monoisotopic (exact) mass is 85.0 g/mol. The maximum atomic E-state index is 3.00. The van der Waals surface area contributed by atoms with Crippen molar-refractivity contribution in [1.29, 1.82) is 0 Å². The van der Waals surface area contributed by atoms with E-state index in [2.05, 4.69) is 5.32 Å². The molecule has 22 valence electrons. The molecule has 1 aliphatic heterocycles. The third kappa shape index (κ3) is 3.22. The van der Waals surface area contributed by atoms with E-state index in [4.69, 9.17) is 0 Å². The first-order valence-corrected chi connectivity index (χ1v) is 1.21. The van der Waals surface area contributed by atoms with Crippen LogP contribution in [0, 0.1) is 0 Å². The standard InChI is InChI=1S/C2H5N.Ca.2H/c1-2-3-1;;;/h3H,1-2H2;;;. The number of rotatable bonds is 0. The first-order valence-electron chi connectivity index (χ1n) is 1.21. The van der Waals surface area contributed by atoms with Crippen molar-refractivity contribution in [1.82, 2.24) is 5.32 Å². The summed E-state index contributed by atoms with van der Waals surface area (Å²) in [5, 5.41) is 3.00. The molecule has 0 atom stereocenters. The Kier molecular flexibility index (Phi) is 3.21. The molecule has 4 heavy (non-hydrogen) atoms. The topological polar surface area (TPSA) is 21.9 Å². The van der Waals surface area contributed by atoms with E-state index in [1.165, 1.54) is 13.1 Å². The number of hydrogen-bond donors (Lipinski definition) is 1. The molecule has 0 spiro atoms. The molecule has 0 saturated carbocycles. The van der Waals surface area contributed by atoms with Crippen LogP contribution in [0.5, 0.6) is 0 Å². The van der Waals surface area contributed by atoms with E-state index in [9.17, 15) is 0 Å². The van der Waals surface area contributed by atoms with Crippen molar-refractivity contribution in [2.24, 2.45) is 0 Å². The van der Waals surface area contributed by atoms with Gasteiger partial charge in [0.25, 0.3) is 0 Å². The fourth-order valence-corrected chi connectivity index (χ4v) is 0. The molecule has 0 aromatic heterocycles. The minimum absolute atomic E-state index is 0. The van der Waals surface area contributed by atoms with Gasteiger partial charge >= 0.3 is 37.7 Å². The molecule has 0 aliphatic carbocycles. The second-order valence-electron chi connectivity index (χ2n) is 0.750. The zero-order valence-corrected chi connectivity index (χ0v) is 1.91. The normalized spacial score (nSPS) is 18.0. The molecule has 2 heteroatoms. The van der Waals surface area contributed by atoms with E-state index in [1.807, 2.05) is 0 Å². The van der Waals surface area contributed by atoms with E-state index in [-0.39, 0.29) is 37.7 Å². The summed E-state index contributed by atoms with van der Waals surface area (Å²) in [5.41, 5.74) is 0. The van der Waals surface area contributed by atoms with Gasteiger partial charge in [0, 0.05) is 13.1 Å². The summed E-state index contributed by atoms with van der Waals surface area (Å²) in [6, 6.07) is 0. The van der Waals surface area contributed by atoms with Crippen LogP contribution < -0.4 is 5.32 Å². The Morgan fingerprint density at radius 3 is 1.50 bits per heavy atom. The Balaban J connectivity index is 0.0000000900. The Morgan fingerprint density at radius 1 is 1.25 bits per heavy atom. The van der Waals surface area contributed by atoms with Gasteiger partial charge in [-0.15, -0.1) is 0 Å². The maximum absolute atomic E-state index is 3.00. The molecule has 0 radical (unpaired) electrons. The summed E-state index contributed by atoms with van der Waals surface area (Å²) >= 11 is 0. The molecular formula is C2H7CaN. The van der Waals surface area contributed by atoms with Gasteiger partial charge in [0.1, 0.15) is 0 Å². The van der Waals surface area contributed by atoms with Crippen LogP contribution in [0.3, 0.4) is 0 Å². The molecule has 1 rings (SSSR count). The van der Waals surface area contributed by atoms with Crippen LogP contribution in [-0.2, 0) is 0 Å². The SMILES string of the molecule is C1CN1.[CaH2]. The second-order valence-corrected chi connectivity index (χ2v) is 0.750. The number of nitrogens with one attached hydrogen (secondary N) is 1. The third-order valence-electron chi connectivity index (χ3n) is 0.250. The van der Waals surface area contributed by atoms with Crippen molar-refractivity contribution in [2.45, 2.75) is 0 Å². The molecule has 0 bridgehead atoms. The fourth-order valence-electron chi connectivity index (χ4n) is 0. The van der Waals surface area contributed by atoms with Crippen LogP contribution in [-0.4, -0.2) is 50.8 Å². The molecule has 0 aromatic rings. The Morgan fingerprint density at radius 2 is 1.50 bits per heavy atom. The van der Waals surface area contributed by atoms with Crippen molar-refractivity contribution in [3.05, 3.63) is 0 Å².